The summed E-state index contributed by atoms with van der Waals surface area (Å²) < 4.78 is 4.13. The molecule has 4 heteroatoms. The van der Waals surface area contributed by atoms with Gasteiger partial charge in [-0.2, -0.15) is 9.37 Å². The summed E-state index contributed by atoms with van der Waals surface area (Å²) in [6.45, 7) is 5.95. The molecule has 1 aromatic rings. The fourth-order valence-electron chi connectivity index (χ4n) is 0.943. The van der Waals surface area contributed by atoms with Crippen molar-refractivity contribution in [1.82, 2.24) is 4.37 Å². The van der Waals surface area contributed by atoms with Crippen molar-refractivity contribution in [2.24, 2.45) is 4.99 Å². The molecule has 0 aromatic carbocycles. The summed E-state index contributed by atoms with van der Waals surface area (Å²) in [6.07, 6.45) is 1.55. The van der Waals surface area contributed by atoms with Gasteiger partial charge in [-0.3, -0.25) is 0 Å². The van der Waals surface area contributed by atoms with Crippen molar-refractivity contribution in [2.45, 2.75) is 26.7 Å². The number of aliphatic imine (C=N–C) groups is 1. The normalized spacial score (nSPS) is 10.0. The molecule has 12 heavy (non-hydrogen) atoms. The second-order valence-corrected chi connectivity index (χ2v) is 3.64. The average Bonchev–Trinajstić information content (AvgIpc) is 2.34. The number of nitrogens with zero attached hydrogens (tertiary/aromatic N) is 2. The van der Waals surface area contributed by atoms with Gasteiger partial charge >= 0.3 is 0 Å². The minimum absolute atomic E-state index is 0.364. The first-order valence-corrected chi connectivity index (χ1v) is 4.48. The molecule has 0 bridgehead atoms. The molecule has 3 nitrogen and oxygen atoms in total. The van der Waals surface area contributed by atoms with E-state index in [4.69, 9.17) is 0 Å². The van der Waals surface area contributed by atoms with Crippen LogP contribution in [-0.4, -0.2) is 10.5 Å². The first-order chi connectivity index (χ1) is 5.66. The molecule has 0 fully saturated rings. The van der Waals surface area contributed by atoms with Crippen LogP contribution in [0.25, 0.3) is 0 Å². The molecule has 0 aliphatic carbocycles. The molecule has 0 saturated carbocycles. The molecular formula is C8H10N2OS. The molecule has 1 rings (SSSR count). The molecule has 0 aliphatic rings. The molecule has 0 radical (unpaired) electrons. The molecule has 0 saturated heterocycles. The van der Waals surface area contributed by atoms with E-state index in [1.165, 1.54) is 11.5 Å². The molecule has 0 spiro atoms. The van der Waals surface area contributed by atoms with E-state index in [9.17, 15) is 4.79 Å². The van der Waals surface area contributed by atoms with E-state index < -0.39 is 0 Å². The maximum atomic E-state index is 10.1. The lowest BCUT2D eigenvalue weighted by molar-refractivity contribution is 0.565. The standard InChI is InChI=1S/C8H10N2OS/c1-5(2)8-7(9-4-11)6(3)10-12-8/h5H,1-3H3. The van der Waals surface area contributed by atoms with Crippen molar-refractivity contribution < 1.29 is 4.79 Å². The molecule has 0 aliphatic heterocycles. The zero-order valence-corrected chi connectivity index (χ0v) is 8.10. The van der Waals surface area contributed by atoms with Gasteiger partial charge in [-0.25, -0.2) is 4.79 Å². The number of aromatic nitrogens is 1. The third-order valence-electron chi connectivity index (χ3n) is 1.54. The smallest absolute Gasteiger partial charge is 0.211 e. The van der Waals surface area contributed by atoms with Crippen LogP contribution in [0.5, 0.6) is 0 Å². The summed E-state index contributed by atoms with van der Waals surface area (Å²) in [5.74, 6) is 0.364. The van der Waals surface area contributed by atoms with Gasteiger partial charge in [0.25, 0.3) is 0 Å². The number of isocyanates is 1. The Morgan fingerprint density at radius 3 is 2.75 bits per heavy atom. The van der Waals surface area contributed by atoms with E-state index in [-0.39, 0.29) is 0 Å². The van der Waals surface area contributed by atoms with E-state index in [2.05, 4.69) is 23.2 Å². The highest BCUT2D eigenvalue weighted by Gasteiger charge is 2.12. The SMILES string of the molecule is Cc1nsc(C(C)C)c1N=C=O. The zero-order valence-electron chi connectivity index (χ0n) is 7.29. The Morgan fingerprint density at radius 2 is 2.25 bits per heavy atom. The van der Waals surface area contributed by atoms with Crippen LogP contribution >= 0.6 is 11.5 Å². The number of rotatable bonds is 2. The fraction of sp³-hybridized carbons (Fsp3) is 0.500. The third kappa shape index (κ3) is 1.60. The predicted octanol–water partition coefficient (Wildman–Crippen LogP) is 2.54. The molecule has 0 amide bonds. The second kappa shape index (κ2) is 3.61. The van der Waals surface area contributed by atoms with Crippen LogP contribution in [-0.2, 0) is 4.79 Å². The molecule has 0 N–H and O–H groups in total. The summed E-state index contributed by atoms with van der Waals surface area (Å²) in [4.78, 5) is 14.8. The average molecular weight is 182 g/mol. The highest BCUT2D eigenvalue weighted by Crippen LogP contribution is 2.32. The van der Waals surface area contributed by atoms with Gasteiger partial charge in [0.15, 0.2) is 0 Å². The van der Waals surface area contributed by atoms with Crippen LogP contribution in [0, 0.1) is 6.92 Å². The van der Waals surface area contributed by atoms with E-state index >= 15 is 0 Å². The van der Waals surface area contributed by atoms with Gasteiger partial charge in [0.1, 0.15) is 5.69 Å². The minimum atomic E-state index is 0.364. The second-order valence-electron chi connectivity index (χ2n) is 2.84. The highest BCUT2D eigenvalue weighted by atomic mass is 32.1. The largest absolute Gasteiger partial charge is 0.240 e. The Balaban J connectivity index is 3.21. The van der Waals surface area contributed by atoms with E-state index in [1.807, 2.05) is 6.92 Å². The van der Waals surface area contributed by atoms with Gasteiger partial charge in [-0.15, -0.1) is 0 Å². The third-order valence-corrected chi connectivity index (χ3v) is 2.77. The van der Waals surface area contributed by atoms with Gasteiger partial charge in [-0.05, 0) is 24.4 Å². The van der Waals surface area contributed by atoms with Crippen LogP contribution in [0.4, 0.5) is 5.69 Å². The van der Waals surface area contributed by atoms with Gasteiger partial charge in [0.2, 0.25) is 6.08 Å². The van der Waals surface area contributed by atoms with Crippen LogP contribution in [0.15, 0.2) is 4.99 Å². The summed E-state index contributed by atoms with van der Waals surface area (Å²) in [5.41, 5.74) is 1.51. The lowest BCUT2D eigenvalue weighted by atomic mass is 10.1. The first kappa shape index (κ1) is 9.10. The molecule has 0 unspecified atom stereocenters. The molecular weight excluding hydrogens is 172 g/mol. The van der Waals surface area contributed by atoms with Gasteiger partial charge in [0, 0.05) is 0 Å². The van der Waals surface area contributed by atoms with Crippen molar-refractivity contribution in [2.75, 3.05) is 0 Å². The lowest BCUT2D eigenvalue weighted by Gasteiger charge is -1.99. The summed E-state index contributed by atoms with van der Waals surface area (Å²) in [5, 5.41) is 0. The Hall–Kier alpha value is -0.990. The maximum Gasteiger partial charge on any atom is 0.240 e. The predicted molar refractivity (Wildman–Crippen MR) is 48.7 cm³/mol. The monoisotopic (exact) mass is 182 g/mol. The van der Waals surface area contributed by atoms with Crippen molar-refractivity contribution >= 4 is 23.3 Å². The highest BCUT2D eigenvalue weighted by molar-refractivity contribution is 7.06. The number of hydrogen-bond donors (Lipinski definition) is 0. The summed E-state index contributed by atoms with van der Waals surface area (Å²) in [6, 6.07) is 0. The van der Waals surface area contributed by atoms with E-state index in [0.717, 1.165) is 10.6 Å². The lowest BCUT2D eigenvalue weighted by Crippen LogP contribution is -1.81. The number of hydrogen-bond acceptors (Lipinski definition) is 4. The van der Waals surface area contributed by atoms with Gasteiger partial charge in [-0.1, -0.05) is 13.8 Å². The molecule has 64 valence electrons. The van der Waals surface area contributed by atoms with Gasteiger partial charge < -0.3 is 0 Å². The Morgan fingerprint density at radius 1 is 1.58 bits per heavy atom. The summed E-state index contributed by atoms with van der Waals surface area (Å²) in [7, 11) is 0. The molecule has 1 heterocycles. The van der Waals surface area contributed by atoms with Gasteiger partial charge in [0.05, 0.1) is 10.6 Å². The van der Waals surface area contributed by atoms with Crippen LogP contribution < -0.4 is 0 Å². The topological polar surface area (TPSA) is 42.3 Å². The van der Waals surface area contributed by atoms with Crippen LogP contribution in [0.2, 0.25) is 0 Å². The number of carbonyl (C=O) groups excluding carboxylic acids is 1. The van der Waals surface area contributed by atoms with Crippen LogP contribution in [0.3, 0.4) is 0 Å². The first-order valence-electron chi connectivity index (χ1n) is 3.71. The maximum absolute atomic E-state index is 10.1. The number of aryl methyl sites for hydroxylation is 1. The van der Waals surface area contributed by atoms with Crippen molar-refractivity contribution in [3.63, 3.8) is 0 Å². The minimum Gasteiger partial charge on any atom is -0.211 e. The van der Waals surface area contributed by atoms with E-state index in [1.54, 1.807) is 6.08 Å². The molecule has 0 atom stereocenters. The molecule has 1 aromatic heterocycles. The summed E-state index contributed by atoms with van der Waals surface area (Å²) >= 11 is 1.40. The van der Waals surface area contributed by atoms with Crippen molar-refractivity contribution in [3.05, 3.63) is 10.6 Å². The van der Waals surface area contributed by atoms with Crippen molar-refractivity contribution in [1.29, 1.82) is 0 Å². The Bertz CT molecular complexity index is 324. The Labute approximate surface area is 75.3 Å². The zero-order chi connectivity index (χ0) is 9.14. The van der Waals surface area contributed by atoms with Crippen LogP contribution in [0.1, 0.15) is 30.3 Å². The quantitative estimate of drug-likeness (QED) is 0.521. The Kier molecular flexibility index (Phi) is 2.74. The van der Waals surface area contributed by atoms with Crippen molar-refractivity contribution in [3.8, 4) is 0 Å². The fourth-order valence-corrected chi connectivity index (χ4v) is 1.76. The van der Waals surface area contributed by atoms with E-state index in [0.29, 0.717) is 11.6 Å².